The van der Waals surface area contributed by atoms with Gasteiger partial charge in [-0.05, 0) is 12.2 Å². The molecule has 1 aromatic heterocycles. The second kappa shape index (κ2) is 2.91. The molecule has 0 spiro atoms. The fourth-order valence-electron chi connectivity index (χ4n) is 0.605. The molecule has 60 valence electrons. The summed E-state index contributed by atoms with van der Waals surface area (Å²) < 4.78 is 23.7. The zero-order valence-electron chi connectivity index (χ0n) is 5.23. The van der Waals surface area contributed by atoms with Gasteiger partial charge in [0, 0.05) is 6.07 Å². The Bertz CT molecular complexity index is 328. The molecule has 1 aromatic rings. The summed E-state index contributed by atoms with van der Waals surface area (Å²) in [5, 5.41) is 0. The van der Waals surface area contributed by atoms with Crippen molar-refractivity contribution >= 4 is 12.2 Å². The van der Waals surface area contributed by atoms with Crippen molar-refractivity contribution in [1.29, 1.82) is 0 Å². The van der Waals surface area contributed by atoms with Crippen molar-refractivity contribution in [2.45, 2.75) is 6.43 Å². The number of aromatic nitrogens is 2. The predicted molar refractivity (Wildman–Crippen MR) is 37.2 cm³/mol. The van der Waals surface area contributed by atoms with Gasteiger partial charge in [0.1, 0.15) is 0 Å². The SMILES string of the molecule is O=c1cc(C(F)F)[nH]c(=S)[nH]1. The summed E-state index contributed by atoms with van der Waals surface area (Å²) in [6.45, 7) is 0. The molecule has 0 radical (unpaired) electrons. The molecular formula is C5H4F2N2OS. The molecule has 6 heteroatoms. The maximum Gasteiger partial charge on any atom is 0.278 e. The van der Waals surface area contributed by atoms with Gasteiger partial charge in [-0.25, -0.2) is 8.78 Å². The van der Waals surface area contributed by atoms with E-state index < -0.39 is 17.7 Å². The summed E-state index contributed by atoms with van der Waals surface area (Å²) >= 11 is 4.46. The molecule has 0 aliphatic carbocycles. The van der Waals surface area contributed by atoms with E-state index in [9.17, 15) is 13.6 Å². The van der Waals surface area contributed by atoms with Crippen LogP contribution in [0, 0.1) is 4.77 Å². The molecule has 2 N–H and O–H groups in total. The average Bonchev–Trinajstić information content (AvgIpc) is 1.85. The van der Waals surface area contributed by atoms with Crippen LogP contribution in [0.4, 0.5) is 8.78 Å². The molecule has 1 heterocycles. The molecule has 0 aliphatic heterocycles. The van der Waals surface area contributed by atoms with Crippen LogP contribution >= 0.6 is 12.2 Å². The quantitative estimate of drug-likeness (QED) is 0.638. The number of hydrogen-bond donors (Lipinski definition) is 2. The van der Waals surface area contributed by atoms with Crippen LogP contribution in [0.15, 0.2) is 10.9 Å². The van der Waals surface area contributed by atoms with Crippen LogP contribution in [0.3, 0.4) is 0 Å². The highest BCUT2D eigenvalue weighted by atomic mass is 32.1. The maximum atomic E-state index is 11.9. The first kappa shape index (κ1) is 8.06. The number of alkyl halides is 2. The lowest BCUT2D eigenvalue weighted by Crippen LogP contribution is -2.08. The molecule has 0 amide bonds. The van der Waals surface area contributed by atoms with E-state index in [0.717, 1.165) is 6.07 Å². The lowest BCUT2D eigenvalue weighted by molar-refractivity contribution is 0.145. The van der Waals surface area contributed by atoms with Gasteiger partial charge < -0.3 is 4.98 Å². The Hall–Kier alpha value is -1.04. The molecule has 0 unspecified atom stereocenters. The Morgan fingerprint density at radius 3 is 2.55 bits per heavy atom. The van der Waals surface area contributed by atoms with E-state index in [0.29, 0.717) is 0 Å². The van der Waals surface area contributed by atoms with Crippen LogP contribution in [0.5, 0.6) is 0 Å². The van der Waals surface area contributed by atoms with E-state index in [2.05, 4.69) is 22.2 Å². The van der Waals surface area contributed by atoms with E-state index in [1.54, 1.807) is 0 Å². The van der Waals surface area contributed by atoms with Crippen LogP contribution in [-0.2, 0) is 0 Å². The van der Waals surface area contributed by atoms with E-state index >= 15 is 0 Å². The minimum atomic E-state index is -2.70. The fraction of sp³-hybridized carbons (Fsp3) is 0.200. The summed E-state index contributed by atoms with van der Waals surface area (Å²) in [5.74, 6) is 0. The van der Waals surface area contributed by atoms with Gasteiger partial charge in [-0.3, -0.25) is 9.78 Å². The highest BCUT2D eigenvalue weighted by Gasteiger charge is 2.06. The van der Waals surface area contributed by atoms with Gasteiger partial charge in [0.25, 0.3) is 12.0 Å². The van der Waals surface area contributed by atoms with Gasteiger partial charge >= 0.3 is 0 Å². The normalized spacial score (nSPS) is 10.5. The molecule has 0 bridgehead atoms. The van der Waals surface area contributed by atoms with E-state index in [1.807, 2.05) is 0 Å². The molecule has 0 saturated carbocycles. The lowest BCUT2D eigenvalue weighted by Gasteiger charge is -1.96. The van der Waals surface area contributed by atoms with Crippen LogP contribution < -0.4 is 5.56 Å². The van der Waals surface area contributed by atoms with Crippen LogP contribution in [-0.4, -0.2) is 9.97 Å². The Labute approximate surface area is 65.1 Å². The first-order chi connectivity index (χ1) is 5.09. The van der Waals surface area contributed by atoms with Gasteiger partial charge in [0.2, 0.25) is 0 Å². The first-order valence-corrected chi connectivity index (χ1v) is 3.12. The number of aromatic amines is 2. The minimum absolute atomic E-state index is 0.0900. The summed E-state index contributed by atoms with van der Waals surface area (Å²) in [7, 11) is 0. The highest BCUT2D eigenvalue weighted by Crippen LogP contribution is 2.12. The topological polar surface area (TPSA) is 48.6 Å². The molecule has 11 heavy (non-hydrogen) atoms. The minimum Gasteiger partial charge on any atom is -0.331 e. The Balaban J connectivity index is 3.30. The van der Waals surface area contributed by atoms with Crippen molar-refractivity contribution < 1.29 is 8.78 Å². The molecule has 3 nitrogen and oxygen atoms in total. The van der Waals surface area contributed by atoms with Gasteiger partial charge in [-0.2, -0.15) is 0 Å². The van der Waals surface area contributed by atoms with Gasteiger partial charge in [-0.15, -0.1) is 0 Å². The number of rotatable bonds is 1. The van der Waals surface area contributed by atoms with E-state index in [4.69, 9.17) is 0 Å². The Morgan fingerprint density at radius 2 is 2.09 bits per heavy atom. The monoisotopic (exact) mass is 178 g/mol. The zero-order chi connectivity index (χ0) is 8.43. The van der Waals surface area contributed by atoms with Gasteiger partial charge in [0.15, 0.2) is 4.77 Å². The third-order valence-corrected chi connectivity index (χ3v) is 1.22. The number of nitrogens with one attached hydrogen (secondary N) is 2. The molecule has 0 aliphatic rings. The number of H-pyrrole nitrogens is 2. The van der Waals surface area contributed by atoms with E-state index in [1.165, 1.54) is 0 Å². The van der Waals surface area contributed by atoms with Crippen LogP contribution in [0.2, 0.25) is 0 Å². The van der Waals surface area contributed by atoms with E-state index in [-0.39, 0.29) is 4.77 Å². The largest absolute Gasteiger partial charge is 0.331 e. The number of halogens is 2. The zero-order valence-corrected chi connectivity index (χ0v) is 6.04. The van der Waals surface area contributed by atoms with Crippen molar-refractivity contribution in [3.8, 4) is 0 Å². The molecule has 0 saturated heterocycles. The predicted octanol–water partition coefficient (Wildman–Crippen LogP) is 1.37. The maximum absolute atomic E-state index is 11.9. The van der Waals surface area contributed by atoms with Crippen molar-refractivity contribution in [1.82, 2.24) is 9.97 Å². The second-order valence-electron chi connectivity index (χ2n) is 1.84. The van der Waals surface area contributed by atoms with Crippen molar-refractivity contribution in [2.75, 3.05) is 0 Å². The summed E-state index contributed by atoms with van der Waals surface area (Å²) in [4.78, 5) is 14.8. The third-order valence-electron chi connectivity index (χ3n) is 1.02. The van der Waals surface area contributed by atoms with Gasteiger partial charge in [-0.1, -0.05) is 0 Å². The van der Waals surface area contributed by atoms with Crippen molar-refractivity contribution in [3.63, 3.8) is 0 Å². The second-order valence-corrected chi connectivity index (χ2v) is 2.25. The van der Waals surface area contributed by atoms with Crippen LogP contribution in [0.1, 0.15) is 12.1 Å². The molecular weight excluding hydrogens is 174 g/mol. The smallest absolute Gasteiger partial charge is 0.278 e. The standard InChI is InChI=1S/C5H4F2N2OS/c6-4(7)2-1-3(10)9-5(11)8-2/h1,4H,(H2,8,9,10,11). The fourth-order valence-corrected chi connectivity index (χ4v) is 0.824. The molecule has 0 atom stereocenters. The molecule has 0 fully saturated rings. The Morgan fingerprint density at radius 1 is 1.45 bits per heavy atom. The number of hydrogen-bond acceptors (Lipinski definition) is 2. The third kappa shape index (κ3) is 1.94. The summed E-state index contributed by atoms with van der Waals surface area (Å²) in [6.07, 6.45) is -2.70. The summed E-state index contributed by atoms with van der Waals surface area (Å²) in [6, 6.07) is 0.778. The first-order valence-electron chi connectivity index (χ1n) is 2.71. The van der Waals surface area contributed by atoms with Crippen molar-refractivity contribution in [3.05, 3.63) is 26.9 Å². The van der Waals surface area contributed by atoms with Gasteiger partial charge in [0.05, 0.1) is 5.69 Å². The van der Waals surface area contributed by atoms with Crippen molar-refractivity contribution in [2.24, 2.45) is 0 Å². The molecule has 1 rings (SSSR count). The van der Waals surface area contributed by atoms with Crippen LogP contribution in [0.25, 0.3) is 0 Å². The molecule has 0 aromatic carbocycles. The average molecular weight is 178 g/mol. The highest BCUT2D eigenvalue weighted by molar-refractivity contribution is 7.71. The lowest BCUT2D eigenvalue weighted by atomic mass is 10.4. The Kier molecular flexibility index (Phi) is 2.13. The summed E-state index contributed by atoms with van der Waals surface area (Å²) in [5.41, 5.74) is -1.08.